The second-order valence-electron chi connectivity index (χ2n) is 9.62. The van der Waals surface area contributed by atoms with Crippen LogP contribution in [-0.2, 0) is 0 Å². The van der Waals surface area contributed by atoms with Gasteiger partial charge in [-0.25, -0.2) is 0 Å². The van der Waals surface area contributed by atoms with Gasteiger partial charge in [0.25, 0.3) is 0 Å². The Hall–Kier alpha value is -3.92. The maximum atomic E-state index is 6.24. The van der Waals surface area contributed by atoms with Crippen molar-refractivity contribution in [3.05, 3.63) is 84.9 Å². The number of rotatable bonds is 1. The van der Waals surface area contributed by atoms with Gasteiger partial charge in [0, 0.05) is 49.9 Å². The van der Waals surface area contributed by atoms with Crippen molar-refractivity contribution in [2.24, 2.45) is 0 Å². The van der Waals surface area contributed by atoms with E-state index in [1.807, 2.05) is 76.2 Å². The second kappa shape index (κ2) is 7.29. The largest absolute Gasteiger partial charge is 0.452 e. The second-order valence-corrected chi connectivity index (χ2v) is 9.62. The molecule has 6 rings (SSSR count). The van der Waals surface area contributed by atoms with Crippen LogP contribution in [0.2, 0.25) is 0 Å². The van der Waals surface area contributed by atoms with Crippen LogP contribution in [0.1, 0.15) is 27.7 Å². The van der Waals surface area contributed by atoms with Crippen molar-refractivity contribution in [1.82, 2.24) is 0 Å². The molecule has 34 heavy (non-hydrogen) atoms. The van der Waals surface area contributed by atoms with Crippen molar-refractivity contribution in [1.29, 1.82) is 0 Å². The smallest absolute Gasteiger partial charge is 0.245 e. The Bertz CT molecular complexity index is 1310. The third kappa shape index (κ3) is 3.56. The predicted molar refractivity (Wildman–Crippen MR) is 133 cm³/mol. The topological polar surface area (TPSA) is 36.9 Å². The van der Waals surface area contributed by atoms with Gasteiger partial charge in [-0.3, -0.25) is 0 Å². The van der Waals surface area contributed by atoms with Crippen LogP contribution >= 0.6 is 0 Å². The summed E-state index contributed by atoms with van der Waals surface area (Å²) >= 11 is 0. The Kier molecular flexibility index (Phi) is 4.43. The van der Waals surface area contributed by atoms with Crippen molar-refractivity contribution in [3.63, 3.8) is 0 Å². The minimum atomic E-state index is -0.763. The summed E-state index contributed by atoms with van der Waals surface area (Å²) in [6.07, 6.45) is 0. The summed E-state index contributed by atoms with van der Waals surface area (Å²) in [4.78, 5) is 0. The van der Waals surface area contributed by atoms with Gasteiger partial charge in [0.15, 0.2) is 0 Å². The Morgan fingerprint density at radius 2 is 0.765 bits per heavy atom. The Labute approximate surface area is 199 Å². The SMILES string of the molecule is CC1(C)Oc2ccccc2-c2cc(-c3ccc4c(c3)-c3ccccc3OC(C)(C)O4)ccc2O1. The lowest BCUT2D eigenvalue weighted by Crippen LogP contribution is -2.34. The first kappa shape index (κ1) is 20.7. The average Bonchev–Trinajstić information content (AvgIpc) is 2.99. The molecule has 2 aliphatic rings. The van der Waals surface area contributed by atoms with Crippen molar-refractivity contribution in [3.8, 4) is 56.4 Å². The molecule has 4 nitrogen and oxygen atoms in total. The van der Waals surface area contributed by atoms with Gasteiger partial charge < -0.3 is 18.9 Å². The molecular formula is C30H26O4. The van der Waals surface area contributed by atoms with E-state index >= 15 is 0 Å². The van der Waals surface area contributed by atoms with E-state index in [2.05, 4.69) is 36.4 Å². The zero-order valence-electron chi connectivity index (χ0n) is 19.7. The highest BCUT2D eigenvalue weighted by Crippen LogP contribution is 2.46. The normalized spacial score (nSPS) is 16.5. The van der Waals surface area contributed by atoms with Gasteiger partial charge in [-0.1, -0.05) is 48.5 Å². The van der Waals surface area contributed by atoms with E-state index in [1.165, 1.54) is 0 Å². The van der Waals surface area contributed by atoms with Gasteiger partial charge in [0.05, 0.1) is 0 Å². The minimum Gasteiger partial charge on any atom is -0.452 e. The molecule has 0 amide bonds. The lowest BCUT2D eigenvalue weighted by molar-refractivity contribution is -0.0784. The Morgan fingerprint density at radius 3 is 1.18 bits per heavy atom. The molecule has 0 aliphatic carbocycles. The number of fused-ring (bicyclic) bond motifs is 6. The summed E-state index contributed by atoms with van der Waals surface area (Å²) in [5, 5.41) is 0. The molecule has 4 heteroatoms. The van der Waals surface area contributed by atoms with E-state index in [-0.39, 0.29) is 0 Å². The molecule has 4 aromatic rings. The number of ether oxygens (including phenoxy) is 4. The maximum Gasteiger partial charge on any atom is 0.245 e. The standard InChI is InChI=1S/C30H26O4/c1-29(2)31-25-11-7-5-9-21(25)23-17-19(13-15-27(23)33-29)20-14-16-28-24(18-20)22-10-6-8-12-26(22)32-30(3,4)34-28/h5-18H,1-4H3. The average molecular weight is 451 g/mol. The lowest BCUT2D eigenvalue weighted by Gasteiger charge is -2.25. The fourth-order valence-corrected chi connectivity index (χ4v) is 4.68. The van der Waals surface area contributed by atoms with Crippen molar-refractivity contribution < 1.29 is 18.9 Å². The molecule has 0 unspecified atom stereocenters. The van der Waals surface area contributed by atoms with Crippen LogP contribution in [0.25, 0.3) is 33.4 Å². The van der Waals surface area contributed by atoms with E-state index in [0.717, 1.165) is 56.4 Å². The first-order valence-corrected chi connectivity index (χ1v) is 11.5. The summed E-state index contributed by atoms with van der Waals surface area (Å²) in [5.41, 5.74) is 6.22. The summed E-state index contributed by atoms with van der Waals surface area (Å²) in [7, 11) is 0. The Morgan fingerprint density at radius 1 is 0.412 bits per heavy atom. The quantitative estimate of drug-likeness (QED) is 0.298. The molecule has 0 saturated heterocycles. The summed E-state index contributed by atoms with van der Waals surface area (Å²) in [6.45, 7) is 7.72. The monoisotopic (exact) mass is 450 g/mol. The molecule has 0 fully saturated rings. The summed E-state index contributed by atoms with van der Waals surface area (Å²) in [5.74, 6) is 1.70. The van der Waals surface area contributed by atoms with Crippen LogP contribution in [0.4, 0.5) is 0 Å². The van der Waals surface area contributed by atoms with Crippen LogP contribution < -0.4 is 18.9 Å². The van der Waals surface area contributed by atoms with Crippen LogP contribution in [0, 0.1) is 0 Å². The molecule has 2 heterocycles. The van der Waals surface area contributed by atoms with Crippen LogP contribution in [0.3, 0.4) is 0 Å². The van der Waals surface area contributed by atoms with Gasteiger partial charge >= 0.3 is 0 Å². The van der Waals surface area contributed by atoms with Gasteiger partial charge in [0.2, 0.25) is 11.6 Å². The predicted octanol–water partition coefficient (Wildman–Crippen LogP) is 7.70. The molecular weight excluding hydrogens is 424 g/mol. The zero-order chi connectivity index (χ0) is 23.5. The van der Waals surface area contributed by atoms with E-state index in [9.17, 15) is 0 Å². The van der Waals surface area contributed by atoms with Gasteiger partial charge in [0.1, 0.15) is 23.0 Å². The zero-order valence-corrected chi connectivity index (χ0v) is 19.7. The molecule has 0 spiro atoms. The molecule has 0 saturated carbocycles. The highest BCUT2D eigenvalue weighted by Gasteiger charge is 2.31. The fraction of sp³-hybridized carbons (Fsp3) is 0.200. The third-order valence-electron chi connectivity index (χ3n) is 6.07. The number of hydrogen-bond donors (Lipinski definition) is 0. The van der Waals surface area contributed by atoms with Crippen molar-refractivity contribution in [2.75, 3.05) is 0 Å². The maximum absolute atomic E-state index is 6.24. The van der Waals surface area contributed by atoms with Crippen LogP contribution in [-0.4, -0.2) is 11.6 Å². The first-order valence-electron chi connectivity index (χ1n) is 11.5. The van der Waals surface area contributed by atoms with E-state index < -0.39 is 11.6 Å². The number of para-hydroxylation sites is 2. The van der Waals surface area contributed by atoms with Gasteiger partial charge in [-0.05, 0) is 47.5 Å². The molecule has 0 atom stereocenters. The van der Waals surface area contributed by atoms with E-state index in [1.54, 1.807) is 0 Å². The highest BCUT2D eigenvalue weighted by molar-refractivity contribution is 5.85. The van der Waals surface area contributed by atoms with Crippen LogP contribution in [0.15, 0.2) is 84.9 Å². The summed E-state index contributed by atoms with van der Waals surface area (Å²) in [6, 6.07) is 28.7. The molecule has 0 aromatic heterocycles. The highest BCUT2D eigenvalue weighted by atomic mass is 16.7. The molecule has 0 N–H and O–H groups in total. The van der Waals surface area contributed by atoms with E-state index in [4.69, 9.17) is 18.9 Å². The van der Waals surface area contributed by atoms with E-state index in [0.29, 0.717) is 0 Å². The number of hydrogen-bond acceptors (Lipinski definition) is 4. The molecule has 4 aromatic carbocycles. The molecule has 170 valence electrons. The third-order valence-corrected chi connectivity index (χ3v) is 6.07. The van der Waals surface area contributed by atoms with Crippen molar-refractivity contribution in [2.45, 2.75) is 39.3 Å². The van der Waals surface area contributed by atoms with Gasteiger partial charge in [-0.15, -0.1) is 0 Å². The van der Waals surface area contributed by atoms with Crippen molar-refractivity contribution >= 4 is 0 Å². The summed E-state index contributed by atoms with van der Waals surface area (Å²) < 4.78 is 24.8. The number of benzene rings is 4. The molecule has 0 radical (unpaired) electrons. The molecule has 2 aliphatic heterocycles. The van der Waals surface area contributed by atoms with Gasteiger partial charge in [-0.2, -0.15) is 0 Å². The molecule has 0 bridgehead atoms. The Balaban J connectivity index is 1.51. The minimum absolute atomic E-state index is 0.763. The lowest BCUT2D eigenvalue weighted by atomic mass is 9.94. The first-order chi connectivity index (χ1) is 16.3. The fourth-order valence-electron chi connectivity index (χ4n) is 4.68. The van der Waals surface area contributed by atoms with Crippen LogP contribution in [0.5, 0.6) is 23.0 Å².